The molecule has 140 valence electrons. The van der Waals surface area contributed by atoms with Gasteiger partial charge in [-0.1, -0.05) is 12.1 Å². The zero-order valence-electron chi connectivity index (χ0n) is 14.1. The molecule has 1 amide bonds. The zero-order valence-corrected chi connectivity index (χ0v) is 14.1. The third-order valence-electron chi connectivity index (χ3n) is 3.71. The van der Waals surface area contributed by atoms with E-state index in [-0.39, 0.29) is 25.4 Å². The number of carbonyl (C=O) groups is 3. The lowest BCUT2D eigenvalue weighted by Gasteiger charge is -2.21. The summed E-state index contributed by atoms with van der Waals surface area (Å²) in [5, 5.41) is 16.1. The average Bonchev–Trinajstić information content (AvgIpc) is 3.02. The van der Waals surface area contributed by atoms with Gasteiger partial charge in [-0.2, -0.15) is 0 Å². The Labute approximate surface area is 149 Å². The normalized spacial score (nSPS) is 17.3. The lowest BCUT2D eigenvalue weighted by Crippen LogP contribution is -2.45. The van der Waals surface area contributed by atoms with Gasteiger partial charge < -0.3 is 14.8 Å². The van der Waals surface area contributed by atoms with E-state index in [0.29, 0.717) is 12.0 Å². The van der Waals surface area contributed by atoms with Crippen LogP contribution in [0, 0.1) is 10.1 Å². The summed E-state index contributed by atoms with van der Waals surface area (Å²) < 4.78 is 9.61. The number of ether oxygens (including phenoxy) is 2. The number of non-ortho nitro benzene ring substituents is 1. The molecule has 1 aromatic rings. The van der Waals surface area contributed by atoms with Crippen molar-refractivity contribution in [2.45, 2.75) is 25.4 Å². The molecule has 2 N–H and O–H groups in total. The van der Waals surface area contributed by atoms with E-state index in [0.717, 1.165) is 0 Å². The summed E-state index contributed by atoms with van der Waals surface area (Å²) in [6, 6.07) is 3.69. The lowest BCUT2D eigenvalue weighted by atomic mass is 10.0. The van der Waals surface area contributed by atoms with Crippen LogP contribution in [0.3, 0.4) is 0 Å². The smallest absolute Gasteiger partial charge is 0.325 e. The van der Waals surface area contributed by atoms with Gasteiger partial charge in [0.15, 0.2) is 0 Å². The number of carbonyl (C=O) groups excluding carboxylic acids is 3. The molecule has 1 heterocycles. The number of hydrogen-bond donors (Lipinski definition) is 2. The molecule has 0 bridgehead atoms. The Morgan fingerprint density at radius 1 is 1.38 bits per heavy atom. The zero-order chi connectivity index (χ0) is 19.1. The molecule has 1 aromatic carbocycles. The Morgan fingerprint density at radius 3 is 2.62 bits per heavy atom. The minimum Gasteiger partial charge on any atom is -0.465 e. The van der Waals surface area contributed by atoms with Crippen LogP contribution in [0.15, 0.2) is 24.3 Å². The van der Waals surface area contributed by atoms with Gasteiger partial charge in [0.25, 0.3) is 5.69 Å². The number of cyclic esters (lactones) is 1. The molecule has 1 saturated heterocycles. The molecule has 2 rings (SSSR count). The highest BCUT2D eigenvalue weighted by Gasteiger charge is 2.32. The van der Waals surface area contributed by atoms with Gasteiger partial charge in [-0.15, -0.1) is 0 Å². The van der Waals surface area contributed by atoms with E-state index < -0.39 is 34.9 Å². The van der Waals surface area contributed by atoms with Crippen LogP contribution in [-0.4, -0.2) is 48.6 Å². The Morgan fingerprint density at radius 2 is 2.08 bits per heavy atom. The van der Waals surface area contributed by atoms with Gasteiger partial charge in [0.1, 0.15) is 18.6 Å². The van der Waals surface area contributed by atoms with Crippen molar-refractivity contribution in [1.82, 2.24) is 10.6 Å². The standard InChI is InChI=1S/C16H19N3O7/c1-2-25-13(20)9-17-15(21)14(18-12-7-8-26-16(12)22)10-3-5-11(6-4-10)19(23)24/h3-6,12,14,18H,2,7-9H2,1H3,(H,17,21)/t12-,14?/m0/s1. The molecule has 2 atom stereocenters. The van der Waals surface area contributed by atoms with E-state index in [1.807, 2.05) is 0 Å². The fourth-order valence-corrected chi connectivity index (χ4v) is 2.43. The summed E-state index contributed by atoms with van der Waals surface area (Å²) in [5.74, 6) is -1.63. The fraction of sp³-hybridized carbons (Fsp3) is 0.438. The Balaban J connectivity index is 2.14. The SMILES string of the molecule is CCOC(=O)CNC(=O)C(N[C@H]1CCOC1=O)c1ccc([N+](=O)[O-])cc1. The van der Waals surface area contributed by atoms with Crippen LogP contribution < -0.4 is 10.6 Å². The maximum atomic E-state index is 12.5. The van der Waals surface area contributed by atoms with Crippen LogP contribution in [0.1, 0.15) is 24.9 Å². The minimum atomic E-state index is -0.985. The van der Waals surface area contributed by atoms with Gasteiger partial charge >= 0.3 is 11.9 Å². The topological polar surface area (TPSA) is 137 Å². The monoisotopic (exact) mass is 365 g/mol. The van der Waals surface area contributed by atoms with Gasteiger partial charge in [-0.3, -0.25) is 29.8 Å². The van der Waals surface area contributed by atoms with E-state index in [2.05, 4.69) is 10.6 Å². The van der Waals surface area contributed by atoms with E-state index in [9.17, 15) is 24.5 Å². The van der Waals surface area contributed by atoms with E-state index in [4.69, 9.17) is 9.47 Å². The first-order valence-electron chi connectivity index (χ1n) is 8.02. The molecule has 1 unspecified atom stereocenters. The molecule has 0 saturated carbocycles. The van der Waals surface area contributed by atoms with Gasteiger partial charge in [-0.25, -0.2) is 0 Å². The van der Waals surface area contributed by atoms with Crippen LogP contribution in [0.4, 0.5) is 5.69 Å². The lowest BCUT2D eigenvalue weighted by molar-refractivity contribution is -0.384. The maximum absolute atomic E-state index is 12.5. The van der Waals surface area contributed by atoms with Crippen molar-refractivity contribution in [1.29, 1.82) is 0 Å². The second-order valence-electron chi connectivity index (χ2n) is 5.48. The summed E-state index contributed by atoms with van der Waals surface area (Å²) in [5.41, 5.74) is 0.288. The van der Waals surface area contributed by atoms with Gasteiger partial charge in [0, 0.05) is 18.6 Å². The van der Waals surface area contributed by atoms with Crippen LogP contribution >= 0.6 is 0 Å². The summed E-state index contributed by atoms with van der Waals surface area (Å²) in [6.45, 7) is 1.75. The largest absolute Gasteiger partial charge is 0.465 e. The quantitative estimate of drug-likeness (QED) is 0.379. The Bertz CT molecular complexity index is 690. The fourth-order valence-electron chi connectivity index (χ4n) is 2.43. The van der Waals surface area contributed by atoms with Gasteiger partial charge in [0.2, 0.25) is 5.91 Å². The van der Waals surface area contributed by atoms with Crippen LogP contribution in [0.25, 0.3) is 0 Å². The molecule has 0 aliphatic carbocycles. The summed E-state index contributed by atoms with van der Waals surface area (Å²) >= 11 is 0. The van der Waals surface area contributed by atoms with Gasteiger partial charge in [0.05, 0.1) is 18.1 Å². The molecule has 10 nitrogen and oxygen atoms in total. The predicted molar refractivity (Wildman–Crippen MR) is 88.0 cm³/mol. The average molecular weight is 365 g/mol. The van der Waals surface area contributed by atoms with Crippen LogP contribution in [-0.2, 0) is 23.9 Å². The number of benzene rings is 1. The molecular formula is C16H19N3O7. The van der Waals surface area contributed by atoms with Crippen molar-refractivity contribution < 1.29 is 28.8 Å². The van der Waals surface area contributed by atoms with Crippen molar-refractivity contribution in [3.05, 3.63) is 39.9 Å². The molecular weight excluding hydrogens is 346 g/mol. The Kier molecular flexibility index (Phi) is 6.61. The van der Waals surface area contributed by atoms with E-state index >= 15 is 0 Å². The van der Waals surface area contributed by atoms with Crippen LogP contribution in [0.2, 0.25) is 0 Å². The molecule has 1 aliphatic rings. The van der Waals surface area contributed by atoms with Crippen molar-refractivity contribution in [3.8, 4) is 0 Å². The van der Waals surface area contributed by atoms with E-state index in [1.165, 1.54) is 24.3 Å². The first-order chi connectivity index (χ1) is 12.4. The molecule has 1 aliphatic heterocycles. The highest BCUT2D eigenvalue weighted by molar-refractivity contribution is 5.87. The van der Waals surface area contributed by atoms with Crippen molar-refractivity contribution >= 4 is 23.5 Å². The number of esters is 2. The Hall–Kier alpha value is -3.01. The first kappa shape index (κ1) is 19.3. The molecule has 26 heavy (non-hydrogen) atoms. The molecule has 0 aromatic heterocycles. The predicted octanol–water partition coefficient (Wildman–Crippen LogP) is 0.220. The second-order valence-corrected chi connectivity index (χ2v) is 5.48. The number of nitro groups is 1. The number of nitrogens with one attached hydrogen (secondary N) is 2. The molecule has 1 fully saturated rings. The second kappa shape index (κ2) is 8.90. The molecule has 0 radical (unpaired) electrons. The highest BCUT2D eigenvalue weighted by atomic mass is 16.6. The number of nitrogens with zero attached hydrogens (tertiary/aromatic N) is 1. The summed E-state index contributed by atoms with van der Waals surface area (Å²) in [7, 11) is 0. The van der Waals surface area contributed by atoms with Crippen LogP contribution in [0.5, 0.6) is 0 Å². The maximum Gasteiger partial charge on any atom is 0.325 e. The minimum absolute atomic E-state index is 0.125. The molecule has 0 spiro atoms. The third kappa shape index (κ3) is 4.99. The number of rotatable bonds is 8. The third-order valence-corrected chi connectivity index (χ3v) is 3.71. The highest BCUT2D eigenvalue weighted by Crippen LogP contribution is 2.20. The number of hydrogen-bond acceptors (Lipinski definition) is 8. The van der Waals surface area contributed by atoms with Gasteiger partial charge in [-0.05, 0) is 12.5 Å². The van der Waals surface area contributed by atoms with E-state index in [1.54, 1.807) is 6.92 Å². The molecule has 10 heteroatoms. The number of amides is 1. The summed E-state index contributed by atoms with van der Waals surface area (Å²) in [4.78, 5) is 45.8. The van der Waals surface area contributed by atoms with Crippen molar-refractivity contribution in [2.24, 2.45) is 0 Å². The van der Waals surface area contributed by atoms with Crippen molar-refractivity contribution in [2.75, 3.05) is 19.8 Å². The number of nitro benzene ring substituents is 1. The van der Waals surface area contributed by atoms with Crippen molar-refractivity contribution in [3.63, 3.8) is 0 Å². The first-order valence-corrected chi connectivity index (χ1v) is 8.02. The summed E-state index contributed by atoms with van der Waals surface area (Å²) in [6.07, 6.45) is 0.396.